The Morgan fingerprint density at radius 3 is 2.53 bits per heavy atom. The molecule has 0 N–H and O–H groups in total. The van der Waals surface area contributed by atoms with Gasteiger partial charge in [0.25, 0.3) is 5.70 Å². The monoisotopic (exact) mass is 209 g/mol. The van der Waals surface area contributed by atoms with Crippen molar-refractivity contribution in [1.29, 1.82) is 5.26 Å². The van der Waals surface area contributed by atoms with Crippen molar-refractivity contribution < 1.29 is 9.85 Å². The highest BCUT2D eigenvalue weighted by molar-refractivity contribution is 5.31. The lowest BCUT2D eigenvalue weighted by molar-refractivity contribution is -0.547. The van der Waals surface area contributed by atoms with Crippen molar-refractivity contribution in [2.24, 2.45) is 5.92 Å². The Labute approximate surface area is 84.6 Å². The maximum atomic E-state index is 10.8. The first-order chi connectivity index (χ1) is 6.94. The van der Waals surface area contributed by atoms with Crippen LogP contribution < -0.4 is 0 Å². The maximum absolute atomic E-state index is 10.8. The number of nitriles is 1. The number of allylic oxidation sites excluding steroid dienone is 1. The minimum Gasteiger partial charge on any atom is -0.262 e. The first-order valence-electron chi connectivity index (χ1n) is 4.05. The molecule has 0 heterocycles. The van der Waals surface area contributed by atoms with Gasteiger partial charge in [0.05, 0.1) is 16.9 Å². The van der Waals surface area contributed by atoms with E-state index in [4.69, 9.17) is 5.26 Å². The Balaban J connectivity index is 3.30. The molecule has 7 heteroatoms. The van der Waals surface area contributed by atoms with E-state index < -0.39 is 27.0 Å². The fraction of sp³-hybridized carbons (Fsp3) is 0.375. The molecule has 0 amide bonds. The fourth-order valence-corrected chi connectivity index (χ4v) is 1.30. The van der Waals surface area contributed by atoms with E-state index in [9.17, 15) is 20.2 Å². The van der Waals surface area contributed by atoms with Crippen molar-refractivity contribution in [2.45, 2.75) is 12.5 Å². The van der Waals surface area contributed by atoms with Crippen LogP contribution in [-0.4, -0.2) is 15.4 Å². The van der Waals surface area contributed by atoms with E-state index in [1.165, 1.54) is 25.1 Å². The van der Waals surface area contributed by atoms with Crippen LogP contribution in [0.5, 0.6) is 0 Å². The van der Waals surface area contributed by atoms with Gasteiger partial charge in [0.2, 0.25) is 0 Å². The van der Waals surface area contributed by atoms with Crippen LogP contribution in [0, 0.1) is 37.5 Å². The summed E-state index contributed by atoms with van der Waals surface area (Å²) in [7, 11) is 0. The van der Waals surface area contributed by atoms with Crippen LogP contribution in [0.15, 0.2) is 23.9 Å². The summed E-state index contributed by atoms with van der Waals surface area (Å²) in [6, 6.07) is 1.52. The van der Waals surface area contributed by atoms with Crippen LogP contribution in [-0.2, 0) is 0 Å². The van der Waals surface area contributed by atoms with Crippen molar-refractivity contribution in [2.75, 3.05) is 0 Å². The van der Waals surface area contributed by atoms with E-state index >= 15 is 0 Å². The number of rotatable bonds is 2. The van der Waals surface area contributed by atoms with E-state index in [1.807, 2.05) is 0 Å². The van der Waals surface area contributed by atoms with Gasteiger partial charge in [-0.05, 0) is 0 Å². The Hall–Kier alpha value is -2.23. The van der Waals surface area contributed by atoms with E-state index in [2.05, 4.69) is 0 Å². The van der Waals surface area contributed by atoms with E-state index in [0.29, 0.717) is 0 Å². The van der Waals surface area contributed by atoms with Crippen molar-refractivity contribution >= 4 is 0 Å². The molecule has 15 heavy (non-hydrogen) atoms. The van der Waals surface area contributed by atoms with Gasteiger partial charge in [0.1, 0.15) is 0 Å². The molecule has 2 atom stereocenters. The summed E-state index contributed by atoms with van der Waals surface area (Å²) in [6.07, 6.45) is 3.26. The Kier molecular flexibility index (Phi) is 2.53. The first-order valence-corrected chi connectivity index (χ1v) is 4.05. The van der Waals surface area contributed by atoms with Crippen LogP contribution >= 0.6 is 0 Å². The minimum atomic E-state index is -2.03. The molecule has 0 aromatic carbocycles. The third-order valence-corrected chi connectivity index (χ3v) is 2.31. The topological polar surface area (TPSA) is 110 Å². The molecule has 0 spiro atoms. The zero-order chi connectivity index (χ0) is 11.6. The van der Waals surface area contributed by atoms with Crippen molar-refractivity contribution in [3.63, 3.8) is 0 Å². The normalized spacial score (nSPS) is 29.1. The summed E-state index contributed by atoms with van der Waals surface area (Å²) in [4.78, 5) is 19.7. The number of hydrogen-bond acceptors (Lipinski definition) is 5. The van der Waals surface area contributed by atoms with E-state index in [1.54, 1.807) is 0 Å². The highest BCUT2D eigenvalue weighted by Gasteiger charge is 2.49. The van der Waals surface area contributed by atoms with Gasteiger partial charge >= 0.3 is 5.54 Å². The van der Waals surface area contributed by atoms with Gasteiger partial charge in [0, 0.05) is 11.0 Å². The zero-order valence-corrected chi connectivity index (χ0v) is 7.78. The van der Waals surface area contributed by atoms with E-state index in [0.717, 1.165) is 6.08 Å². The molecule has 0 radical (unpaired) electrons. The smallest absolute Gasteiger partial charge is 0.262 e. The van der Waals surface area contributed by atoms with Gasteiger partial charge in [-0.15, -0.1) is 0 Å². The molecule has 0 saturated heterocycles. The third kappa shape index (κ3) is 1.57. The average Bonchev–Trinajstić information content (AvgIpc) is 2.18. The minimum absolute atomic E-state index is 0.425. The molecule has 7 nitrogen and oxygen atoms in total. The number of nitro groups is 2. The summed E-state index contributed by atoms with van der Waals surface area (Å²) < 4.78 is 0. The van der Waals surface area contributed by atoms with Gasteiger partial charge in [-0.1, -0.05) is 13.0 Å². The molecule has 0 aromatic heterocycles. The highest BCUT2D eigenvalue weighted by Crippen LogP contribution is 2.29. The largest absolute Gasteiger partial charge is 0.336 e. The average molecular weight is 209 g/mol. The zero-order valence-electron chi connectivity index (χ0n) is 7.78. The summed E-state index contributed by atoms with van der Waals surface area (Å²) in [6.45, 7) is 1.47. The van der Waals surface area contributed by atoms with Crippen LogP contribution in [0.3, 0.4) is 0 Å². The van der Waals surface area contributed by atoms with Gasteiger partial charge in [-0.3, -0.25) is 20.2 Å². The lowest BCUT2D eigenvalue weighted by Gasteiger charge is -2.20. The molecule has 1 rings (SSSR count). The SMILES string of the molecule is CC1C=CC([N+](=O)[O-])=CC1(C#N)[N+](=O)[O-]. The van der Waals surface area contributed by atoms with Crippen molar-refractivity contribution in [3.8, 4) is 6.07 Å². The predicted octanol–water partition coefficient (Wildman–Crippen LogP) is 0.892. The van der Waals surface area contributed by atoms with Gasteiger partial charge in [-0.2, -0.15) is 5.26 Å². The highest BCUT2D eigenvalue weighted by atomic mass is 16.6. The quantitative estimate of drug-likeness (QED) is 0.495. The Bertz CT molecular complexity index is 420. The van der Waals surface area contributed by atoms with Gasteiger partial charge < -0.3 is 0 Å². The van der Waals surface area contributed by atoms with Gasteiger partial charge in [-0.25, -0.2) is 0 Å². The Morgan fingerprint density at radius 2 is 2.13 bits per heavy atom. The van der Waals surface area contributed by atoms with Crippen LogP contribution in [0.25, 0.3) is 0 Å². The van der Waals surface area contributed by atoms with Crippen LogP contribution in [0.2, 0.25) is 0 Å². The molecule has 0 aliphatic heterocycles. The molecular weight excluding hydrogens is 202 g/mol. The summed E-state index contributed by atoms with van der Waals surface area (Å²) in [5, 5.41) is 30.0. The fourth-order valence-electron chi connectivity index (χ4n) is 1.30. The van der Waals surface area contributed by atoms with Gasteiger partial charge in [0.15, 0.2) is 6.07 Å². The summed E-state index contributed by atoms with van der Waals surface area (Å²) >= 11 is 0. The molecule has 1 aliphatic carbocycles. The second-order valence-electron chi connectivity index (χ2n) is 3.17. The van der Waals surface area contributed by atoms with Crippen LogP contribution in [0.1, 0.15) is 6.92 Å². The molecule has 0 saturated carbocycles. The molecule has 1 aliphatic rings. The number of hydrogen-bond donors (Lipinski definition) is 0. The lowest BCUT2D eigenvalue weighted by Crippen LogP contribution is -2.42. The van der Waals surface area contributed by atoms with E-state index in [-0.39, 0.29) is 0 Å². The predicted molar refractivity (Wildman–Crippen MR) is 48.7 cm³/mol. The third-order valence-electron chi connectivity index (χ3n) is 2.31. The molecular formula is C8H7N3O4. The molecule has 2 unspecified atom stereocenters. The standard InChI is InChI=1S/C8H7N3O4/c1-6-2-3-7(10(12)13)4-8(6,5-9)11(14)15/h2-4,6H,1H3. The molecule has 0 aromatic rings. The maximum Gasteiger partial charge on any atom is 0.336 e. The number of nitrogens with zero attached hydrogens (tertiary/aromatic N) is 3. The van der Waals surface area contributed by atoms with Crippen LogP contribution in [0.4, 0.5) is 0 Å². The summed E-state index contributed by atoms with van der Waals surface area (Å²) in [5.41, 5.74) is -2.46. The second kappa shape index (κ2) is 3.49. The van der Waals surface area contributed by atoms with Crippen molar-refractivity contribution in [3.05, 3.63) is 44.2 Å². The lowest BCUT2D eigenvalue weighted by atomic mass is 9.83. The molecule has 0 fully saturated rings. The Morgan fingerprint density at radius 1 is 1.53 bits per heavy atom. The molecule has 78 valence electrons. The van der Waals surface area contributed by atoms with Crippen molar-refractivity contribution in [1.82, 2.24) is 0 Å². The summed E-state index contributed by atoms with van der Waals surface area (Å²) in [5.74, 6) is -0.693. The molecule has 0 bridgehead atoms. The second-order valence-corrected chi connectivity index (χ2v) is 3.17. The first kappa shape index (κ1) is 10.8.